The zero-order valence-electron chi connectivity index (χ0n) is 16.8. The zero-order chi connectivity index (χ0) is 18.5. The van der Waals surface area contributed by atoms with E-state index in [9.17, 15) is 0 Å². The first-order valence-electron chi connectivity index (χ1n) is 9.40. The van der Waals surface area contributed by atoms with Crippen molar-refractivity contribution >= 4 is 29.9 Å². The first kappa shape index (κ1) is 22.2. The molecule has 1 atom stereocenters. The van der Waals surface area contributed by atoms with Crippen LogP contribution in [-0.4, -0.2) is 80.3 Å². The van der Waals surface area contributed by atoms with Gasteiger partial charge in [-0.1, -0.05) is 0 Å². The second-order valence-corrected chi connectivity index (χ2v) is 6.98. The first-order chi connectivity index (χ1) is 12.6. The third-order valence-electron chi connectivity index (χ3n) is 5.40. The highest BCUT2D eigenvalue weighted by atomic mass is 127. The number of rotatable bonds is 4. The molecule has 152 valence electrons. The number of nitrogens with zero attached hydrogens (tertiary/aromatic N) is 4. The average molecular weight is 489 g/mol. The number of ether oxygens (including phenoxy) is 2. The maximum atomic E-state index is 5.51. The Kier molecular flexibility index (Phi) is 8.56. The van der Waals surface area contributed by atoms with Gasteiger partial charge in [-0.25, -0.2) is 0 Å². The summed E-state index contributed by atoms with van der Waals surface area (Å²) in [5.41, 5.74) is 3.15. The normalized spacial score (nSPS) is 21.1. The molecule has 1 aromatic heterocycles. The SMILES string of the molecule is CN=C(NCc1ncc(C)c(OC)c1C)N1CCC(N2CCOCC2)C1.I. The van der Waals surface area contributed by atoms with Crippen LogP contribution in [0.1, 0.15) is 23.2 Å². The van der Waals surface area contributed by atoms with Crippen molar-refractivity contribution in [2.45, 2.75) is 32.9 Å². The number of aliphatic imine (C=N–C) groups is 1. The number of methoxy groups -OCH3 is 1. The molecule has 0 radical (unpaired) electrons. The maximum absolute atomic E-state index is 5.51. The summed E-state index contributed by atoms with van der Waals surface area (Å²) in [4.78, 5) is 14.0. The summed E-state index contributed by atoms with van der Waals surface area (Å²) in [7, 11) is 3.56. The van der Waals surface area contributed by atoms with Gasteiger partial charge < -0.3 is 19.7 Å². The topological polar surface area (TPSA) is 62.2 Å². The molecular weight excluding hydrogens is 457 g/mol. The highest BCUT2D eigenvalue weighted by molar-refractivity contribution is 14.0. The predicted molar refractivity (Wildman–Crippen MR) is 118 cm³/mol. The molecule has 27 heavy (non-hydrogen) atoms. The molecule has 8 heteroatoms. The van der Waals surface area contributed by atoms with Crippen molar-refractivity contribution in [3.63, 3.8) is 0 Å². The lowest BCUT2D eigenvalue weighted by atomic mass is 10.1. The van der Waals surface area contributed by atoms with E-state index in [1.54, 1.807) is 7.11 Å². The summed E-state index contributed by atoms with van der Waals surface area (Å²) in [5, 5.41) is 3.48. The third kappa shape index (κ3) is 5.23. The summed E-state index contributed by atoms with van der Waals surface area (Å²) in [5.74, 6) is 1.86. The van der Waals surface area contributed by atoms with E-state index in [4.69, 9.17) is 9.47 Å². The standard InChI is InChI=1S/C19H31N5O2.HI/c1-14-11-21-17(15(2)18(14)25-4)12-22-19(20-3)24-6-5-16(13-24)23-7-9-26-10-8-23;/h11,16H,5-10,12-13H2,1-4H3,(H,20,22);1H. The van der Waals surface area contributed by atoms with Gasteiger partial charge in [0.05, 0.1) is 32.6 Å². The predicted octanol–water partition coefficient (Wildman–Crippen LogP) is 1.81. The van der Waals surface area contributed by atoms with Gasteiger partial charge in [-0.05, 0) is 20.3 Å². The Balaban J connectivity index is 0.00000261. The second-order valence-electron chi connectivity index (χ2n) is 6.98. The first-order valence-corrected chi connectivity index (χ1v) is 9.40. The molecule has 2 aliphatic heterocycles. The van der Waals surface area contributed by atoms with Crippen LogP contribution in [0.3, 0.4) is 0 Å². The minimum atomic E-state index is 0. The minimum absolute atomic E-state index is 0. The quantitative estimate of drug-likeness (QED) is 0.396. The Morgan fingerprint density at radius 3 is 2.74 bits per heavy atom. The fraction of sp³-hybridized carbons (Fsp3) is 0.684. The molecule has 2 fully saturated rings. The van der Waals surface area contributed by atoms with Crippen LogP contribution in [0.5, 0.6) is 5.75 Å². The molecule has 0 spiro atoms. The summed E-state index contributed by atoms with van der Waals surface area (Å²) >= 11 is 0. The Hall–Kier alpha value is -1.13. The van der Waals surface area contributed by atoms with E-state index in [0.717, 1.165) is 67.9 Å². The van der Waals surface area contributed by atoms with E-state index >= 15 is 0 Å². The lowest BCUT2D eigenvalue weighted by molar-refractivity contribution is 0.0195. The van der Waals surface area contributed by atoms with Crippen LogP contribution in [0, 0.1) is 13.8 Å². The number of nitrogens with one attached hydrogen (secondary N) is 1. The van der Waals surface area contributed by atoms with Crippen molar-refractivity contribution in [2.24, 2.45) is 4.99 Å². The average Bonchev–Trinajstić information content (AvgIpc) is 3.15. The van der Waals surface area contributed by atoms with Crippen LogP contribution in [0.15, 0.2) is 11.2 Å². The fourth-order valence-corrected chi connectivity index (χ4v) is 3.92. The molecule has 3 heterocycles. The molecule has 0 saturated carbocycles. The molecule has 3 rings (SSSR count). The lowest BCUT2D eigenvalue weighted by Crippen LogP contribution is -2.46. The molecule has 1 unspecified atom stereocenters. The van der Waals surface area contributed by atoms with Crippen molar-refractivity contribution in [2.75, 3.05) is 53.6 Å². The van der Waals surface area contributed by atoms with Gasteiger partial charge in [0.25, 0.3) is 0 Å². The minimum Gasteiger partial charge on any atom is -0.496 e. The Bertz CT molecular complexity index is 649. The molecule has 0 amide bonds. The highest BCUT2D eigenvalue weighted by Gasteiger charge is 2.30. The molecule has 0 aromatic carbocycles. The summed E-state index contributed by atoms with van der Waals surface area (Å²) < 4.78 is 11.0. The maximum Gasteiger partial charge on any atom is 0.194 e. The van der Waals surface area contributed by atoms with Crippen molar-refractivity contribution in [3.05, 3.63) is 23.0 Å². The van der Waals surface area contributed by atoms with Crippen molar-refractivity contribution in [1.82, 2.24) is 20.1 Å². The van der Waals surface area contributed by atoms with Crippen LogP contribution in [-0.2, 0) is 11.3 Å². The van der Waals surface area contributed by atoms with Gasteiger partial charge in [-0.15, -0.1) is 24.0 Å². The molecule has 2 aliphatic rings. The number of aromatic nitrogens is 1. The van der Waals surface area contributed by atoms with Gasteiger partial charge >= 0.3 is 0 Å². The number of hydrogen-bond donors (Lipinski definition) is 1. The summed E-state index contributed by atoms with van der Waals surface area (Å²) in [6.45, 7) is 10.6. The zero-order valence-corrected chi connectivity index (χ0v) is 19.2. The van der Waals surface area contributed by atoms with Gasteiger partial charge in [0.2, 0.25) is 0 Å². The third-order valence-corrected chi connectivity index (χ3v) is 5.40. The van der Waals surface area contributed by atoms with E-state index in [1.807, 2.05) is 20.2 Å². The molecule has 0 aliphatic carbocycles. The van der Waals surface area contributed by atoms with E-state index in [0.29, 0.717) is 12.6 Å². The Morgan fingerprint density at radius 2 is 2.07 bits per heavy atom. The van der Waals surface area contributed by atoms with Crippen LogP contribution >= 0.6 is 24.0 Å². The number of likely N-dealkylation sites (tertiary alicyclic amines) is 1. The molecule has 2 saturated heterocycles. The van der Waals surface area contributed by atoms with Crippen molar-refractivity contribution in [1.29, 1.82) is 0 Å². The molecular formula is C19H32IN5O2. The number of guanidine groups is 1. The molecule has 7 nitrogen and oxygen atoms in total. The van der Waals surface area contributed by atoms with E-state index in [2.05, 4.69) is 32.0 Å². The van der Waals surface area contributed by atoms with Gasteiger partial charge in [0.1, 0.15) is 5.75 Å². The van der Waals surface area contributed by atoms with Crippen LogP contribution < -0.4 is 10.1 Å². The Morgan fingerprint density at radius 1 is 1.33 bits per heavy atom. The van der Waals surface area contributed by atoms with Gasteiger partial charge in [-0.3, -0.25) is 14.9 Å². The van der Waals surface area contributed by atoms with E-state index < -0.39 is 0 Å². The largest absolute Gasteiger partial charge is 0.496 e. The lowest BCUT2D eigenvalue weighted by Gasteiger charge is -2.32. The number of pyridine rings is 1. The van der Waals surface area contributed by atoms with Crippen LogP contribution in [0.25, 0.3) is 0 Å². The summed E-state index contributed by atoms with van der Waals surface area (Å²) in [6.07, 6.45) is 3.05. The second kappa shape index (κ2) is 10.4. The molecule has 0 bridgehead atoms. The van der Waals surface area contributed by atoms with Gasteiger partial charge in [-0.2, -0.15) is 0 Å². The van der Waals surface area contributed by atoms with Crippen LogP contribution in [0.2, 0.25) is 0 Å². The monoisotopic (exact) mass is 489 g/mol. The Labute approximate surface area is 179 Å². The van der Waals surface area contributed by atoms with E-state index in [1.165, 1.54) is 6.42 Å². The van der Waals surface area contributed by atoms with Gasteiger partial charge in [0.15, 0.2) is 5.96 Å². The number of hydrogen-bond acceptors (Lipinski definition) is 5. The van der Waals surface area contributed by atoms with Crippen molar-refractivity contribution < 1.29 is 9.47 Å². The molecule has 1 aromatic rings. The summed E-state index contributed by atoms with van der Waals surface area (Å²) in [6, 6.07) is 0.594. The smallest absolute Gasteiger partial charge is 0.194 e. The molecule has 1 N–H and O–H groups in total. The highest BCUT2D eigenvalue weighted by Crippen LogP contribution is 2.24. The number of aryl methyl sites for hydroxylation is 1. The van der Waals surface area contributed by atoms with E-state index in [-0.39, 0.29) is 24.0 Å². The van der Waals surface area contributed by atoms with Crippen molar-refractivity contribution in [3.8, 4) is 5.75 Å². The fourth-order valence-electron chi connectivity index (χ4n) is 3.92. The van der Waals surface area contributed by atoms with Crippen LogP contribution in [0.4, 0.5) is 0 Å². The number of morpholine rings is 1. The number of halogens is 1. The van der Waals surface area contributed by atoms with Gasteiger partial charge in [0, 0.05) is 56.6 Å².